The monoisotopic (exact) mass is 451 g/mol. The van der Waals surface area contributed by atoms with Crippen molar-refractivity contribution < 1.29 is 9.53 Å². The highest BCUT2D eigenvalue weighted by Gasteiger charge is 2.22. The Kier molecular flexibility index (Phi) is 5.83. The standard InChI is InChI=1S/C27H21N3O2S/c1-19-10-15-24-25(17-19)33-27(29-24)30(18-21-7-5-6-16-28-21)26(31)20-11-13-23(14-12-20)32-22-8-3-2-4-9-22/h2-17H,18H2,1H3. The molecule has 6 heteroatoms. The van der Waals surface area contributed by atoms with Crippen LogP contribution in [0.4, 0.5) is 5.13 Å². The highest BCUT2D eigenvalue weighted by molar-refractivity contribution is 7.22. The summed E-state index contributed by atoms with van der Waals surface area (Å²) in [6, 6.07) is 28.5. The Morgan fingerprint density at radius 3 is 2.42 bits per heavy atom. The third-order valence-corrected chi connectivity index (χ3v) is 6.18. The molecule has 5 rings (SSSR count). The van der Waals surface area contributed by atoms with Gasteiger partial charge in [0, 0.05) is 11.8 Å². The number of para-hydroxylation sites is 1. The van der Waals surface area contributed by atoms with Gasteiger partial charge in [0.25, 0.3) is 5.91 Å². The first-order chi connectivity index (χ1) is 16.2. The van der Waals surface area contributed by atoms with Crippen molar-refractivity contribution in [1.29, 1.82) is 0 Å². The number of pyridine rings is 1. The number of fused-ring (bicyclic) bond motifs is 1. The van der Waals surface area contributed by atoms with Crippen LogP contribution in [-0.4, -0.2) is 15.9 Å². The minimum Gasteiger partial charge on any atom is -0.457 e. The second kappa shape index (κ2) is 9.22. The zero-order valence-corrected chi connectivity index (χ0v) is 18.8. The molecule has 5 aromatic rings. The summed E-state index contributed by atoms with van der Waals surface area (Å²) < 4.78 is 6.91. The fourth-order valence-corrected chi connectivity index (χ4v) is 4.52. The molecule has 33 heavy (non-hydrogen) atoms. The topological polar surface area (TPSA) is 55.3 Å². The van der Waals surface area contributed by atoms with Crippen LogP contribution in [0.3, 0.4) is 0 Å². The second-order valence-electron chi connectivity index (χ2n) is 7.62. The van der Waals surface area contributed by atoms with E-state index in [-0.39, 0.29) is 5.91 Å². The van der Waals surface area contributed by atoms with Crippen molar-refractivity contribution in [3.8, 4) is 11.5 Å². The Hall–Kier alpha value is -4.03. The third-order valence-electron chi connectivity index (χ3n) is 5.14. The summed E-state index contributed by atoms with van der Waals surface area (Å²) in [5.74, 6) is 1.28. The van der Waals surface area contributed by atoms with Crippen LogP contribution in [0.2, 0.25) is 0 Å². The van der Waals surface area contributed by atoms with Crippen molar-refractivity contribution in [2.45, 2.75) is 13.5 Å². The number of carbonyl (C=O) groups excluding carboxylic acids is 1. The van der Waals surface area contributed by atoms with Gasteiger partial charge in [0.2, 0.25) is 0 Å². The van der Waals surface area contributed by atoms with Crippen LogP contribution in [0.25, 0.3) is 10.2 Å². The zero-order chi connectivity index (χ0) is 22.6. The van der Waals surface area contributed by atoms with E-state index in [9.17, 15) is 4.79 Å². The zero-order valence-electron chi connectivity index (χ0n) is 18.0. The van der Waals surface area contributed by atoms with Crippen molar-refractivity contribution in [2.24, 2.45) is 0 Å². The van der Waals surface area contributed by atoms with E-state index in [2.05, 4.69) is 18.0 Å². The molecule has 0 unspecified atom stereocenters. The number of ether oxygens (including phenoxy) is 1. The van der Waals surface area contributed by atoms with Gasteiger partial charge >= 0.3 is 0 Å². The average molecular weight is 452 g/mol. The number of aryl methyl sites for hydroxylation is 1. The lowest BCUT2D eigenvalue weighted by molar-refractivity contribution is 0.0985. The van der Waals surface area contributed by atoms with Gasteiger partial charge in [0.05, 0.1) is 22.5 Å². The number of anilines is 1. The molecule has 162 valence electrons. The van der Waals surface area contributed by atoms with E-state index >= 15 is 0 Å². The Bertz CT molecular complexity index is 1380. The van der Waals surface area contributed by atoms with Gasteiger partial charge in [-0.15, -0.1) is 0 Å². The fourth-order valence-electron chi connectivity index (χ4n) is 3.46. The van der Waals surface area contributed by atoms with Gasteiger partial charge in [0.15, 0.2) is 5.13 Å². The lowest BCUT2D eigenvalue weighted by Gasteiger charge is -2.19. The first-order valence-corrected chi connectivity index (χ1v) is 11.4. The van der Waals surface area contributed by atoms with Crippen LogP contribution in [0.5, 0.6) is 11.5 Å². The van der Waals surface area contributed by atoms with Crippen LogP contribution in [-0.2, 0) is 6.54 Å². The molecule has 0 radical (unpaired) electrons. The Morgan fingerprint density at radius 1 is 0.909 bits per heavy atom. The lowest BCUT2D eigenvalue weighted by atomic mass is 10.2. The van der Waals surface area contributed by atoms with E-state index in [1.54, 1.807) is 35.4 Å². The summed E-state index contributed by atoms with van der Waals surface area (Å²) in [5.41, 5.74) is 3.40. The largest absolute Gasteiger partial charge is 0.457 e. The van der Waals surface area contributed by atoms with Gasteiger partial charge in [-0.25, -0.2) is 4.98 Å². The second-order valence-corrected chi connectivity index (χ2v) is 8.63. The van der Waals surface area contributed by atoms with Gasteiger partial charge in [-0.3, -0.25) is 14.7 Å². The summed E-state index contributed by atoms with van der Waals surface area (Å²) in [5, 5.41) is 0.649. The van der Waals surface area contributed by atoms with Crippen LogP contribution >= 0.6 is 11.3 Å². The summed E-state index contributed by atoms with van der Waals surface area (Å²) >= 11 is 1.51. The van der Waals surface area contributed by atoms with Crippen molar-refractivity contribution in [1.82, 2.24) is 9.97 Å². The van der Waals surface area contributed by atoms with Crippen LogP contribution < -0.4 is 9.64 Å². The smallest absolute Gasteiger partial charge is 0.260 e. The number of benzene rings is 3. The quantitative estimate of drug-likeness (QED) is 0.290. The maximum Gasteiger partial charge on any atom is 0.260 e. The molecular weight excluding hydrogens is 430 g/mol. The van der Waals surface area contributed by atoms with Crippen molar-refractivity contribution in [3.63, 3.8) is 0 Å². The molecule has 0 spiro atoms. The predicted octanol–water partition coefficient (Wildman–Crippen LogP) is 6.64. The van der Waals surface area contributed by atoms with E-state index in [0.29, 0.717) is 23.0 Å². The summed E-state index contributed by atoms with van der Waals surface area (Å²) in [7, 11) is 0. The van der Waals surface area contributed by atoms with Crippen molar-refractivity contribution in [2.75, 3.05) is 4.90 Å². The first-order valence-electron chi connectivity index (χ1n) is 10.6. The minimum atomic E-state index is -0.136. The van der Waals surface area contributed by atoms with Gasteiger partial charge in [-0.1, -0.05) is 41.7 Å². The predicted molar refractivity (Wildman–Crippen MR) is 132 cm³/mol. The van der Waals surface area contributed by atoms with Crippen molar-refractivity contribution in [3.05, 3.63) is 114 Å². The Morgan fingerprint density at radius 2 is 1.67 bits per heavy atom. The number of hydrogen-bond acceptors (Lipinski definition) is 5. The molecular formula is C27H21N3O2S. The molecule has 0 bridgehead atoms. The first kappa shape index (κ1) is 20.8. The molecule has 0 fully saturated rings. The van der Waals surface area contributed by atoms with Gasteiger partial charge < -0.3 is 4.74 Å². The Labute approximate surface area is 195 Å². The normalized spacial score (nSPS) is 10.8. The third kappa shape index (κ3) is 4.76. The Balaban J connectivity index is 1.45. The molecule has 5 nitrogen and oxygen atoms in total. The highest BCUT2D eigenvalue weighted by Crippen LogP contribution is 2.31. The summed E-state index contributed by atoms with van der Waals surface area (Å²) in [6.45, 7) is 2.38. The number of thiazole rings is 1. The van der Waals surface area contributed by atoms with Gasteiger partial charge in [-0.2, -0.15) is 0 Å². The fraction of sp³-hybridized carbons (Fsp3) is 0.0741. The summed E-state index contributed by atoms with van der Waals surface area (Å²) in [6.07, 6.45) is 1.73. The number of hydrogen-bond donors (Lipinski definition) is 0. The molecule has 2 heterocycles. The number of amides is 1. The lowest BCUT2D eigenvalue weighted by Crippen LogP contribution is -2.30. The molecule has 0 aliphatic rings. The molecule has 1 amide bonds. The van der Waals surface area contributed by atoms with Crippen LogP contribution in [0, 0.1) is 6.92 Å². The van der Waals surface area contributed by atoms with E-state index in [4.69, 9.17) is 9.72 Å². The van der Waals surface area contributed by atoms with Gasteiger partial charge in [0.1, 0.15) is 11.5 Å². The summed E-state index contributed by atoms with van der Waals surface area (Å²) in [4.78, 5) is 24.4. The molecule has 3 aromatic carbocycles. The van der Waals surface area contributed by atoms with E-state index in [0.717, 1.165) is 27.2 Å². The molecule has 0 aliphatic carbocycles. The van der Waals surface area contributed by atoms with Crippen molar-refractivity contribution >= 4 is 32.6 Å². The molecule has 0 saturated heterocycles. The highest BCUT2D eigenvalue weighted by atomic mass is 32.1. The average Bonchev–Trinajstić information content (AvgIpc) is 3.27. The molecule has 0 aliphatic heterocycles. The molecule has 0 atom stereocenters. The van der Waals surface area contributed by atoms with E-state index in [1.165, 1.54) is 11.3 Å². The number of rotatable bonds is 6. The van der Waals surface area contributed by atoms with E-state index < -0.39 is 0 Å². The number of aromatic nitrogens is 2. The molecule has 0 N–H and O–H groups in total. The molecule has 0 saturated carbocycles. The van der Waals surface area contributed by atoms with Crippen LogP contribution in [0.1, 0.15) is 21.6 Å². The minimum absolute atomic E-state index is 0.136. The maximum atomic E-state index is 13.6. The molecule has 2 aromatic heterocycles. The maximum absolute atomic E-state index is 13.6. The number of carbonyl (C=O) groups is 1. The van der Waals surface area contributed by atoms with Crippen LogP contribution in [0.15, 0.2) is 97.2 Å². The van der Waals surface area contributed by atoms with Gasteiger partial charge in [-0.05, 0) is 73.2 Å². The SMILES string of the molecule is Cc1ccc2nc(N(Cc3ccccn3)C(=O)c3ccc(Oc4ccccc4)cc3)sc2c1. The van der Waals surface area contributed by atoms with E-state index in [1.807, 2.05) is 60.7 Å². The number of nitrogens with zero attached hydrogens (tertiary/aromatic N) is 3.